The van der Waals surface area contributed by atoms with E-state index in [0.29, 0.717) is 5.56 Å². The minimum atomic E-state index is -0.280. The summed E-state index contributed by atoms with van der Waals surface area (Å²) >= 11 is 0. The Labute approximate surface area is 225 Å². The number of piperidine rings is 1. The van der Waals surface area contributed by atoms with Gasteiger partial charge in [0, 0.05) is 38.4 Å². The second-order valence-corrected chi connectivity index (χ2v) is 8.81. The highest BCUT2D eigenvalue weighted by atomic mass is 16.5. The number of nitrogens with zero attached hydrogens (tertiary/aromatic N) is 1. The van der Waals surface area contributed by atoms with Crippen molar-refractivity contribution < 1.29 is 14.3 Å². The van der Waals surface area contributed by atoms with Crippen LogP contribution in [0.4, 0.5) is 0 Å². The zero-order valence-electron chi connectivity index (χ0n) is 23.6. The Morgan fingerprint density at radius 3 is 2.11 bits per heavy atom. The highest BCUT2D eigenvalue weighted by molar-refractivity contribution is 5.89. The number of likely N-dealkylation sites (tertiary alicyclic amines) is 1. The summed E-state index contributed by atoms with van der Waals surface area (Å²) in [7, 11) is 3.07. The minimum Gasteiger partial charge on any atom is -0.465 e. The van der Waals surface area contributed by atoms with E-state index in [-0.39, 0.29) is 11.4 Å². The third-order valence-electron chi connectivity index (χ3n) is 6.62. The number of carbonyl (C=O) groups is 1. The van der Waals surface area contributed by atoms with Gasteiger partial charge in [-0.2, -0.15) is 0 Å². The summed E-state index contributed by atoms with van der Waals surface area (Å²) < 4.78 is 9.11. The standard InChI is InChI=1S/C20H25N.C10H12O2.C3H8O/c1-4-6-10-18(3)20(19-11-8-7-9-12-19)13-16-21(15-5-2)17-14-20;1-3-8-4-6-9(7-5-8)10(11)12-2;1-3-4-2/h4,6-12,15H,2,13-14,16-17H2,1,3H3;4-7H,3H2,1-2H3;3H2,1-2H3/b6-4-,18-10+;;. The zero-order valence-corrected chi connectivity index (χ0v) is 23.6. The SMILES string of the molecule is C=C=CN1CCC(/C(C)=C/C=C\C)(c2ccccc2)CC1.CCOC.CCc1ccc(C(=O)OC)cc1. The quantitative estimate of drug-likeness (QED) is 0.222. The number of benzene rings is 2. The summed E-state index contributed by atoms with van der Waals surface area (Å²) in [5.74, 6) is -0.280. The molecule has 0 unspecified atom stereocenters. The van der Waals surface area contributed by atoms with Crippen molar-refractivity contribution in [3.8, 4) is 0 Å². The molecule has 0 atom stereocenters. The lowest BCUT2D eigenvalue weighted by atomic mass is 9.68. The predicted molar refractivity (Wildman–Crippen MR) is 156 cm³/mol. The second kappa shape index (κ2) is 18.0. The van der Waals surface area contributed by atoms with Gasteiger partial charge in [-0.25, -0.2) is 4.79 Å². The normalized spacial score (nSPS) is 14.4. The van der Waals surface area contributed by atoms with E-state index in [2.05, 4.69) is 96.0 Å². The maximum atomic E-state index is 11.0. The first-order valence-electron chi connectivity index (χ1n) is 13.0. The van der Waals surface area contributed by atoms with Crippen molar-refractivity contribution in [3.05, 3.63) is 114 Å². The van der Waals surface area contributed by atoms with Gasteiger partial charge in [-0.3, -0.25) is 0 Å². The Morgan fingerprint density at radius 1 is 1.05 bits per heavy atom. The highest BCUT2D eigenvalue weighted by Crippen LogP contribution is 2.41. The third kappa shape index (κ3) is 10.3. The fourth-order valence-electron chi connectivity index (χ4n) is 4.23. The van der Waals surface area contributed by atoms with E-state index < -0.39 is 0 Å². The Balaban J connectivity index is 0.000000360. The van der Waals surface area contributed by atoms with Crippen molar-refractivity contribution in [2.24, 2.45) is 0 Å². The van der Waals surface area contributed by atoms with Gasteiger partial charge in [0.05, 0.1) is 12.7 Å². The first-order valence-corrected chi connectivity index (χ1v) is 13.0. The molecule has 1 aliphatic rings. The Morgan fingerprint density at radius 2 is 1.65 bits per heavy atom. The van der Waals surface area contributed by atoms with E-state index in [0.717, 1.165) is 39.0 Å². The second-order valence-electron chi connectivity index (χ2n) is 8.81. The fraction of sp³-hybridized carbons (Fsp3) is 0.394. The summed E-state index contributed by atoms with van der Waals surface area (Å²) in [5.41, 5.74) is 7.77. The van der Waals surface area contributed by atoms with Crippen molar-refractivity contribution in [1.82, 2.24) is 4.90 Å². The maximum absolute atomic E-state index is 11.0. The van der Waals surface area contributed by atoms with Crippen LogP contribution in [0.25, 0.3) is 0 Å². The first kappa shape index (κ1) is 31.7. The van der Waals surface area contributed by atoms with Crippen LogP contribution in [0.15, 0.2) is 96.9 Å². The molecular formula is C33H45NO3. The molecule has 2 aromatic rings. The molecule has 1 heterocycles. The number of aryl methyl sites for hydroxylation is 1. The van der Waals surface area contributed by atoms with Crippen LogP contribution in [0.5, 0.6) is 0 Å². The Kier molecular flexibility index (Phi) is 15.4. The molecule has 2 aromatic carbocycles. The topological polar surface area (TPSA) is 38.8 Å². The lowest BCUT2D eigenvalue weighted by molar-refractivity contribution is 0.0600. The smallest absolute Gasteiger partial charge is 0.337 e. The van der Waals surface area contributed by atoms with Crippen molar-refractivity contribution in [2.45, 2.75) is 52.4 Å². The molecule has 200 valence electrons. The van der Waals surface area contributed by atoms with Crippen molar-refractivity contribution in [3.63, 3.8) is 0 Å². The number of methoxy groups -OCH3 is 2. The van der Waals surface area contributed by atoms with Crippen LogP contribution in [-0.2, 0) is 21.3 Å². The molecule has 1 fully saturated rings. The number of carbonyl (C=O) groups excluding carboxylic acids is 1. The van der Waals surface area contributed by atoms with Crippen LogP contribution < -0.4 is 0 Å². The summed E-state index contributed by atoms with van der Waals surface area (Å²) in [6.45, 7) is 15.0. The molecule has 0 saturated carbocycles. The van der Waals surface area contributed by atoms with Gasteiger partial charge in [-0.1, -0.05) is 79.8 Å². The molecule has 0 radical (unpaired) electrons. The number of hydrogen-bond donors (Lipinski definition) is 0. The minimum absolute atomic E-state index is 0.159. The number of allylic oxidation sites excluding steroid dienone is 4. The maximum Gasteiger partial charge on any atom is 0.337 e. The first-order chi connectivity index (χ1) is 17.9. The Bertz CT molecular complexity index is 1010. The van der Waals surface area contributed by atoms with Crippen LogP contribution in [0.3, 0.4) is 0 Å². The molecule has 3 rings (SSSR count). The monoisotopic (exact) mass is 503 g/mol. The van der Waals surface area contributed by atoms with Gasteiger partial charge < -0.3 is 14.4 Å². The largest absolute Gasteiger partial charge is 0.465 e. The molecule has 0 amide bonds. The van der Waals surface area contributed by atoms with Gasteiger partial charge in [0.1, 0.15) is 0 Å². The molecule has 0 bridgehead atoms. The molecule has 37 heavy (non-hydrogen) atoms. The average Bonchev–Trinajstić information content (AvgIpc) is 2.97. The fourth-order valence-corrected chi connectivity index (χ4v) is 4.23. The van der Waals surface area contributed by atoms with Crippen molar-refractivity contribution in [1.29, 1.82) is 0 Å². The molecule has 1 saturated heterocycles. The number of esters is 1. The van der Waals surface area contributed by atoms with Crippen LogP contribution in [-0.4, -0.2) is 44.8 Å². The summed E-state index contributed by atoms with van der Waals surface area (Å²) in [4.78, 5) is 13.3. The van der Waals surface area contributed by atoms with E-state index in [4.69, 9.17) is 0 Å². The molecule has 0 N–H and O–H groups in total. The van der Waals surface area contributed by atoms with Crippen LogP contribution in [0.1, 0.15) is 62.0 Å². The van der Waals surface area contributed by atoms with Crippen LogP contribution >= 0.6 is 0 Å². The van der Waals surface area contributed by atoms with Gasteiger partial charge in [-0.05, 0) is 63.3 Å². The Hall–Kier alpha value is -3.33. The lowest BCUT2D eigenvalue weighted by Gasteiger charge is -2.43. The van der Waals surface area contributed by atoms with E-state index >= 15 is 0 Å². The van der Waals surface area contributed by atoms with E-state index in [1.807, 2.05) is 25.3 Å². The summed E-state index contributed by atoms with van der Waals surface area (Å²) in [6, 6.07) is 18.4. The lowest BCUT2D eigenvalue weighted by Crippen LogP contribution is -2.41. The van der Waals surface area contributed by atoms with E-state index in [9.17, 15) is 4.79 Å². The molecule has 1 aliphatic heterocycles. The van der Waals surface area contributed by atoms with Gasteiger partial charge in [0.15, 0.2) is 0 Å². The number of rotatable bonds is 7. The average molecular weight is 504 g/mol. The predicted octanol–water partition coefficient (Wildman–Crippen LogP) is 7.53. The summed E-state index contributed by atoms with van der Waals surface area (Å²) in [5, 5.41) is 0. The van der Waals surface area contributed by atoms with E-state index in [1.165, 1.54) is 23.8 Å². The van der Waals surface area contributed by atoms with Gasteiger partial charge >= 0.3 is 5.97 Å². The van der Waals surface area contributed by atoms with Gasteiger partial charge in [0.2, 0.25) is 0 Å². The van der Waals surface area contributed by atoms with Gasteiger partial charge in [-0.15, -0.1) is 5.73 Å². The highest BCUT2D eigenvalue weighted by Gasteiger charge is 2.36. The molecule has 0 aromatic heterocycles. The van der Waals surface area contributed by atoms with Crippen LogP contribution in [0, 0.1) is 0 Å². The third-order valence-corrected chi connectivity index (χ3v) is 6.62. The molecule has 0 aliphatic carbocycles. The van der Waals surface area contributed by atoms with Gasteiger partial charge in [0.25, 0.3) is 0 Å². The van der Waals surface area contributed by atoms with Crippen molar-refractivity contribution in [2.75, 3.05) is 33.9 Å². The zero-order chi connectivity index (χ0) is 27.5. The number of ether oxygens (including phenoxy) is 2. The van der Waals surface area contributed by atoms with E-state index in [1.54, 1.807) is 19.2 Å². The summed E-state index contributed by atoms with van der Waals surface area (Å²) in [6.07, 6.45) is 11.8. The molecule has 4 heteroatoms. The van der Waals surface area contributed by atoms with Crippen molar-refractivity contribution >= 4 is 5.97 Å². The molecule has 4 nitrogen and oxygen atoms in total. The van der Waals surface area contributed by atoms with Crippen LogP contribution in [0.2, 0.25) is 0 Å². The molecular weight excluding hydrogens is 458 g/mol. The molecule has 0 spiro atoms. The number of hydrogen-bond acceptors (Lipinski definition) is 4.